The van der Waals surface area contributed by atoms with Gasteiger partial charge < -0.3 is 15.4 Å². The van der Waals surface area contributed by atoms with Gasteiger partial charge in [-0.2, -0.15) is 0 Å². The highest BCUT2D eigenvalue weighted by Gasteiger charge is 2.15. The molecule has 0 aliphatic rings. The predicted molar refractivity (Wildman–Crippen MR) is 116 cm³/mol. The number of carbonyl (C=O) groups is 2. The van der Waals surface area contributed by atoms with E-state index in [-0.39, 0.29) is 11.8 Å². The van der Waals surface area contributed by atoms with E-state index in [1.807, 2.05) is 30.3 Å². The van der Waals surface area contributed by atoms with Crippen LogP contribution in [0.5, 0.6) is 0 Å². The summed E-state index contributed by atoms with van der Waals surface area (Å²) < 4.78 is 6.45. The highest BCUT2D eigenvalue weighted by Crippen LogP contribution is 2.15. The number of hydrogen-bond donors (Lipinski definition) is 2. The molecule has 148 valence electrons. The fourth-order valence-corrected chi connectivity index (χ4v) is 2.73. The number of carbonyl (C=O) groups excluding carboxylic acids is 2. The molecule has 29 heavy (non-hydrogen) atoms. The fourth-order valence-electron chi connectivity index (χ4n) is 2.49. The molecular weight excluding hydrogens is 434 g/mol. The maximum Gasteiger partial charge on any atom is 0.256 e. The van der Waals surface area contributed by atoms with E-state index in [2.05, 4.69) is 31.5 Å². The summed E-state index contributed by atoms with van der Waals surface area (Å²) in [5, 5.41) is 5.50. The second kappa shape index (κ2) is 9.95. The van der Waals surface area contributed by atoms with Crippen LogP contribution in [-0.4, -0.2) is 22.9 Å². The van der Waals surface area contributed by atoms with E-state index in [1.165, 1.54) is 0 Å². The number of aromatic nitrogens is 1. The highest BCUT2D eigenvalue weighted by molar-refractivity contribution is 9.10. The van der Waals surface area contributed by atoms with E-state index in [0.29, 0.717) is 23.7 Å². The lowest BCUT2D eigenvalue weighted by molar-refractivity contribution is -0.127. The average molecular weight is 454 g/mol. The number of rotatable bonds is 7. The third-order valence-electron chi connectivity index (χ3n) is 4.07. The molecule has 2 aromatic carbocycles. The maximum absolute atomic E-state index is 12.4. The van der Waals surface area contributed by atoms with Gasteiger partial charge in [0.05, 0.1) is 6.61 Å². The van der Waals surface area contributed by atoms with Gasteiger partial charge in [0, 0.05) is 21.9 Å². The van der Waals surface area contributed by atoms with Gasteiger partial charge in [0.2, 0.25) is 0 Å². The van der Waals surface area contributed by atoms with Gasteiger partial charge in [0.1, 0.15) is 11.9 Å². The minimum Gasteiger partial charge on any atom is -0.364 e. The average Bonchev–Trinajstić information content (AvgIpc) is 2.74. The summed E-state index contributed by atoms with van der Waals surface area (Å²) in [6, 6.07) is 19.8. The zero-order valence-corrected chi connectivity index (χ0v) is 17.3. The lowest BCUT2D eigenvalue weighted by Crippen LogP contribution is -2.27. The summed E-state index contributed by atoms with van der Waals surface area (Å²) in [4.78, 5) is 28.9. The fraction of sp³-hybridized carbons (Fsp3) is 0.136. The van der Waals surface area contributed by atoms with Crippen molar-refractivity contribution in [2.24, 2.45) is 0 Å². The van der Waals surface area contributed by atoms with Crippen LogP contribution in [0.1, 0.15) is 22.8 Å². The molecule has 1 heterocycles. The molecular formula is C22H20BrN3O3. The van der Waals surface area contributed by atoms with E-state index in [0.717, 1.165) is 10.0 Å². The van der Waals surface area contributed by atoms with Gasteiger partial charge in [-0.25, -0.2) is 4.98 Å². The van der Waals surface area contributed by atoms with E-state index in [9.17, 15) is 9.59 Å². The van der Waals surface area contributed by atoms with Crippen LogP contribution >= 0.6 is 15.9 Å². The number of nitrogens with one attached hydrogen (secondary N) is 2. The molecule has 2 N–H and O–H groups in total. The molecule has 2 amide bonds. The molecule has 0 fully saturated rings. The third kappa shape index (κ3) is 6.23. The first-order chi connectivity index (χ1) is 14.0. The summed E-state index contributed by atoms with van der Waals surface area (Å²) in [7, 11) is 0. The van der Waals surface area contributed by atoms with E-state index in [1.54, 1.807) is 49.5 Å². The molecule has 1 aromatic heterocycles. The van der Waals surface area contributed by atoms with Crippen molar-refractivity contribution in [3.05, 3.63) is 88.5 Å². The number of amides is 2. The highest BCUT2D eigenvalue weighted by atomic mass is 79.9. The maximum atomic E-state index is 12.4. The number of benzene rings is 2. The second-order valence-electron chi connectivity index (χ2n) is 6.32. The Morgan fingerprint density at radius 3 is 2.55 bits per heavy atom. The number of nitrogens with zero attached hydrogens (tertiary/aromatic N) is 1. The number of hydrogen-bond acceptors (Lipinski definition) is 4. The van der Waals surface area contributed by atoms with Gasteiger partial charge in [-0.3, -0.25) is 9.59 Å². The first-order valence-corrected chi connectivity index (χ1v) is 9.80. The van der Waals surface area contributed by atoms with Crippen LogP contribution in [0.2, 0.25) is 0 Å². The largest absolute Gasteiger partial charge is 0.364 e. The van der Waals surface area contributed by atoms with Gasteiger partial charge in [-0.15, -0.1) is 0 Å². The SMILES string of the molecule is CC(OCc1ccccc1)C(=O)Nc1cccc(C(=O)Nc2ccc(Br)cn2)c1. The third-order valence-corrected chi connectivity index (χ3v) is 4.54. The molecule has 0 spiro atoms. The van der Waals surface area contributed by atoms with Crippen LogP contribution in [0.25, 0.3) is 0 Å². The number of anilines is 2. The van der Waals surface area contributed by atoms with E-state index in [4.69, 9.17) is 4.74 Å². The molecule has 1 atom stereocenters. The van der Waals surface area contributed by atoms with E-state index >= 15 is 0 Å². The van der Waals surface area contributed by atoms with Crippen LogP contribution in [0, 0.1) is 0 Å². The number of pyridine rings is 1. The molecule has 7 heteroatoms. The zero-order valence-electron chi connectivity index (χ0n) is 15.8. The summed E-state index contributed by atoms with van der Waals surface area (Å²) in [6.45, 7) is 2.03. The van der Waals surface area contributed by atoms with Gasteiger partial charge in [0.15, 0.2) is 0 Å². The lowest BCUT2D eigenvalue weighted by Gasteiger charge is -2.14. The first-order valence-electron chi connectivity index (χ1n) is 9.00. The Morgan fingerprint density at radius 1 is 1.03 bits per heavy atom. The van der Waals surface area contributed by atoms with Crippen molar-refractivity contribution < 1.29 is 14.3 Å². The molecule has 0 saturated heterocycles. The molecule has 3 rings (SSSR count). The normalized spacial score (nSPS) is 11.5. The molecule has 0 bridgehead atoms. The Morgan fingerprint density at radius 2 is 1.83 bits per heavy atom. The molecule has 1 unspecified atom stereocenters. The standard InChI is InChI=1S/C22H20BrN3O3/c1-15(29-14-16-6-3-2-4-7-16)21(27)25-19-9-5-8-17(12-19)22(28)26-20-11-10-18(23)13-24-20/h2-13,15H,14H2,1H3,(H,25,27)(H,24,26,28). The van der Waals surface area contributed by atoms with Crippen molar-refractivity contribution in [1.82, 2.24) is 4.98 Å². The molecule has 0 aliphatic heterocycles. The summed E-state index contributed by atoms with van der Waals surface area (Å²) >= 11 is 3.30. The van der Waals surface area contributed by atoms with Crippen LogP contribution in [-0.2, 0) is 16.1 Å². The van der Waals surface area contributed by atoms with Gasteiger partial charge in [-0.1, -0.05) is 36.4 Å². The van der Waals surface area contributed by atoms with Gasteiger partial charge in [-0.05, 0) is 58.7 Å². The molecule has 6 nitrogen and oxygen atoms in total. The van der Waals surface area contributed by atoms with Crippen molar-refractivity contribution in [3.63, 3.8) is 0 Å². The Kier molecular flexibility index (Phi) is 7.10. The van der Waals surface area contributed by atoms with Crippen LogP contribution in [0.15, 0.2) is 77.4 Å². The Hall–Kier alpha value is -3.03. The minimum absolute atomic E-state index is 0.284. The minimum atomic E-state index is -0.639. The summed E-state index contributed by atoms with van der Waals surface area (Å²) in [5.74, 6) is -0.159. The Balaban J connectivity index is 1.57. The Bertz CT molecular complexity index is 978. The second-order valence-corrected chi connectivity index (χ2v) is 7.24. The van der Waals surface area contributed by atoms with Crippen molar-refractivity contribution >= 4 is 39.2 Å². The quantitative estimate of drug-likeness (QED) is 0.545. The van der Waals surface area contributed by atoms with Crippen molar-refractivity contribution in [1.29, 1.82) is 0 Å². The van der Waals surface area contributed by atoms with Crippen molar-refractivity contribution in [3.8, 4) is 0 Å². The molecule has 3 aromatic rings. The monoisotopic (exact) mass is 453 g/mol. The summed E-state index contributed by atoms with van der Waals surface area (Å²) in [6.07, 6.45) is 0.961. The van der Waals surface area contributed by atoms with Gasteiger partial charge >= 0.3 is 0 Å². The molecule has 0 radical (unpaired) electrons. The summed E-state index contributed by atoms with van der Waals surface area (Å²) in [5.41, 5.74) is 1.92. The van der Waals surface area contributed by atoms with E-state index < -0.39 is 6.10 Å². The van der Waals surface area contributed by atoms with Crippen LogP contribution < -0.4 is 10.6 Å². The number of ether oxygens (including phenoxy) is 1. The topological polar surface area (TPSA) is 80.3 Å². The zero-order chi connectivity index (χ0) is 20.6. The first kappa shape index (κ1) is 20.7. The van der Waals surface area contributed by atoms with Crippen LogP contribution in [0.3, 0.4) is 0 Å². The van der Waals surface area contributed by atoms with Gasteiger partial charge in [0.25, 0.3) is 11.8 Å². The van der Waals surface area contributed by atoms with Crippen LogP contribution in [0.4, 0.5) is 11.5 Å². The number of halogens is 1. The van der Waals surface area contributed by atoms with Crippen molar-refractivity contribution in [2.45, 2.75) is 19.6 Å². The Labute approximate surface area is 177 Å². The predicted octanol–water partition coefficient (Wildman–Crippen LogP) is 4.64. The molecule has 0 aliphatic carbocycles. The smallest absolute Gasteiger partial charge is 0.256 e. The van der Waals surface area contributed by atoms with Crippen molar-refractivity contribution in [2.75, 3.05) is 10.6 Å². The molecule has 0 saturated carbocycles. The lowest BCUT2D eigenvalue weighted by atomic mass is 10.2.